The van der Waals surface area contributed by atoms with Crippen molar-refractivity contribution in [2.75, 3.05) is 11.9 Å². The fourth-order valence-corrected chi connectivity index (χ4v) is 3.16. The van der Waals surface area contributed by atoms with Gasteiger partial charge in [0, 0.05) is 16.8 Å². The number of benzene rings is 3. The van der Waals surface area contributed by atoms with Crippen LogP contribution in [0.25, 0.3) is 22.6 Å². The molecule has 0 aliphatic heterocycles. The fourth-order valence-electron chi connectivity index (χ4n) is 3.16. The van der Waals surface area contributed by atoms with E-state index in [4.69, 9.17) is 9.15 Å². The van der Waals surface area contributed by atoms with Gasteiger partial charge in [-0.05, 0) is 73.0 Å². The van der Waals surface area contributed by atoms with Crippen LogP contribution in [0.2, 0.25) is 0 Å². The molecule has 1 aromatic heterocycles. The Balaban J connectivity index is 1.48. The number of oxazole rings is 1. The third-order valence-electron chi connectivity index (χ3n) is 4.82. The lowest BCUT2D eigenvalue weighted by molar-refractivity contribution is 0.102. The average Bonchev–Trinajstić information content (AvgIpc) is 3.21. The van der Waals surface area contributed by atoms with E-state index in [-0.39, 0.29) is 5.91 Å². The molecule has 30 heavy (non-hydrogen) atoms. The lowest BCUT2D eigenvalue weighted by atomic mass is 10.1. The molecule has 3 aromatic carbocycles. The zero-order valence-corrected chi connectivity index (χ0v) is 17.1. The minimum atomic E-state index is -0.182. The minimum Gasteiger partial charge on any atom is -0.494 e. The van der Waals surface area contributed by atoms with Crippen LogP contribution >= 0.6 is 0 Å². The highest BCUT2D eigenvalue weighted by Gasteiger charge is 2.11. The van der Waals surface area contributed by atoms with Gasteiger partial charge in [0.1, 0.15) is 11.3 Å². The third kappa shape index (κ3) is 4.35. The number of rotatable bonds is 7. The quantitative estimate of drug-likeness (QED) is 0.407. The second-order valence-electron chi connectivity index (χ2n) is 7.08. The number of amides is 1. The Hall–Kier alpha value is -3.60. The first kappa shape index (κ1) is 19.7. The van der Waals surface area contributed by atoms with Crippen molar-refractivity contribution in [1.82, 2.24) is 4.98 Å². The number of anilines is 1. The van der Waals surface area contributed by atoms with E-state index < -0.39 is 0 Å². The maximum Gasteiger partial charge on any atom is 0.255 e. The van der Waals surface area contributed by atoms with Crippen LogP contribution in [0.15, 0.2) is 71.1 Å². The Labute approximate surface area is 175 Å². The Kier molecular flexibility index (Phi) is 5.80. The van der Waals surface area contributed by atoms with Crippen molar-refractivity contribution in [2.45, 2.75) is 26.7 Å². The third-order valence-corrected chi connectivity index (χ3v) is 4.82. The Bertz CT molecular complexity index is 1160. The molecule has 4 rings (SSSR count). The van der Waals surface area contributed by atoms with Gasteiger partial charge in [-0.15, -0.1) is 0 Å². The zero-order chi connectivity index (χ0) is 20.9. The molecule has 0 unspecified atom stereocenters. The number of fused-ring (bicyclic) bond motifs is 1. The van der Waals surface area contributed by atoms with E-state index in [0.717, 1.165) is 29.5 Å². The monoisotopic (exact) mass is 400 g/mol. The van der Waals surface area contributed by atoms with Crippen LogP contribution in [0, 0.1) is 0 Å². The van der Waals surface area contributed by atoms with Crippen molar-refractivity contribution in [2.24, 2.45) is 0 Å². The lowest BCUT2D eigenvalue weighted by Crippen LogP contribution is -2.12. The maximum atomic E-state index is 12.6. The van der Waals surface area contributed by atoms with Gasteiger partial charge < -0.3 is 14.5 Å². The van der Waals surface area contributed by atoms with Crippen molar-refractivity contribution in [3.63, 3.8) is 0 Å². The summed E-state index contributed by atoms with van der Waals surface area (Å²) >= 11 is 0. The van der Waals surface area contributed by atoms with Crippen LogP contribution in [-0.4, -0.2) is 17.5 Å². The van der Waals surface area contributed by atoms with E-state index in [9.17, 15) is 4.79 Å². The van der Waals surface area contributed by atoms with Crippen LogP contribution in [0.1, 0.15) is 36.2 Å². The number of ether oxygens (including phenoxy) is 1. The van der Waals surface area contributed by atoms with Crippen molar-refractivity contribution in [1.29, 1.82) is 0 Å². The molecule has 1 amide bonds. The summed E-state index contributed by atoms with van der Waals surface area (Å²) in [4.78, 5) is 17.2. The van der Waals surface area contributed by atoms with Crippen LogP contribution in [0.5, 0.6) is 5.75 Å². The van der Waals surface area contributed by atoms with E-state index in [1.165, 1.54) is 5.56 Å². The van der Waals surface area contributed by atoms with Gasteiger partial charge in [-0.3, -0.25) is 4.79 Å². The van der Waals surface area contributed by atoms with Gasteiger partial charge in [0.2, 0.25) is 5.89 Å². The van der Waals surface area contributed by atoms with Crippen LogP contribution < -0.4 is 10.1 Å². The molecule has 152 valence electrons. The van der Waals surface area contributed by atoms with Crippen molar-refractivity contribution >= 4 is 22.7 Å². The number of carbonyl (C=O) groups excluding carboxylic acids is 1. The van der Waals surface area contributed by atoms with Crippen molar-refractivity contribution in [3.8, 4) is 17.2 Å². The van der Waals surface area contributed by atoms with E-state index in [1.807, 2.05) is 49.4 Å². The Morgan fingerprint density at radius 1 is 1.03 bits per heavy atom. The largest absolute Gasteiger partial charge is 0.494 e. The van der Waals surface area contributed by atoms with E-state index in [1.54, 1.807) is 12.1 Å². The topological polar surface area (TPSA) is 64.4 Å². The summed E-state index contributed by atoms with van der Waals surface area (Å²) in [6, 6.07) is 20.7. The molecule has 1 heterocycles. The first-order valence-corrected chi connectivity index (χ1v) is 10.2. The number of carbonyl (C=O) groups is 1. The summed E-state index contributed by atoms with van der Waals surface area (Å²) in [5.74, 6) is 1.08. The molecule has 0 saturated carbocycles. The number of aromatic nitrogens is 1. The number of hydrogen-bond donors (Lipinski definition) is 1. The van der Waals surface area contributed by atoms with Gasteiger partial charge in [-0.2, -0.15) is 0 Å². The molecule has 0 bridgehead atoms. The molecule has 1 N–H and O–H groups in total. The molecule has 4 aromatic rings. The normalized spacial score (nSPS) is 10.9. The fraction of sp³-hybridized carbons (Fsp3) is 0.200. The molecule has 0 radical (unpaired) electrons. The molecular weight excluding hydrogens is 376 g/mol. The second kappa shape index (κ2) is 8.82. The Morgan fingerprint density at radius 2 is 1.87 bits per heavy atom. The van der Waals surface area contributed by atoms with Crippen LogP contribution in [0.4, 0.5) is 5.69 Å². The summed E-state index contributed by atoms with van der Waals surface area (Å²) in [7, 11) is 0. The SMILES string of the molecule is CCCOc1cccc(C(=O)Nc2ccc(-c3nc4cc(CC)ccc4o3)cc2)c1. The highest BCUT2D eigenvalue weighted by Crippen LogP contribution is 2.26. The average molecular weight is 400 g/mol. The standard InChI is InChI=1S/C25H24N2O3/c1-3-14-29-21-7-5-6-19(16-21)24(28)26-20-11-9-18(10-12-20)25-27-22-15-17(4-2)8-13-23(22)30-25/h5-13,15-16H,3-4,14H2,1-2H3,(H,26,28). The molecule has 0 aliphatic rings. The van der Waals surface area contributed by atoms with E-state index in [0.29, 0.717) is 29.5 Å². The summed E-state index contributed by atoms with van der Waals surface area (Å²) in [6.07, 6.45) is 1.88. The van der Waals surface area contributed by atoms with Gasteiger partial charge in [0.15, 0.2) is 5.58 Å². The molecule has 5 heteroatoms. The van der Waals surface area contributed by atoms with Gasteiger partial charge in [-0.25, -0.2) is 4.98 Å². The predicted molar refractivity (Wildman–Crippen MR) is 119 cm³/mol. The number of aryl methyl sites for hydroxylation is 1. The molecule has 0 fully saturated rings. The Morgan fingerprint density at radius 3 is 2.63 bits per heavy atom. The summed E-state index contributed by atoms with van der Waals surface area (Å²) in [5, 5.41) is 2.92. The molecule has 0 aliphatic carbocycles. The smallest absolute Gasteiger partial charge is 0.255 e. The number of nitrogens with zero attached hydrogens (tertiary/aromatic N) is 1. The molecule has 0 spiro atoms. The molecule has 0 saturated heterocycles. The molecular formula is C25H24N2O3. The van der Waals surface area contributed by atoms with Crippen LogP contribution in [0.3, 0.4) is 0 Å². The first-order valence-electron chi connectivity index (χ1n) is 10.2. The van der Waals surface area contributed by atoms with Gasteiger partial charge >= 0.3 is 0 Å². The zero-order valence-electron chi connectivity index (χ0n) is 17.1. The predicted octanol–water partition coefficient (Wildman–Crippen LogP) is 6.10. The summed E-state index contributed by atoms with van der Waals surface area (Å²) in [5.41, 5.74) is 4.96. The number of nitrogens with one attached hydrogen (secondary N) is 1. The molecule has 5 nitrogen and oxygen atoms in total. The van der Waals surface area contributed by atoms with Gasteiger partial charge in [0.05, 0.1) is 6.61 Å². The maximum absolute atomic E-state index is 12.6. The molecule has 0 atom stereocenters. The van der Waals surface area contributed by atoms with Gasteiger partial charge in [0.25, 0.3) is 5.91 Å². The highest BCUT2D eigenvalue weighted by molar-refractivity contribution is 6.04. The minimum absolute atomic E-state index is 0.182. The van der Waals surface area contributed by atoms with Crippen molar-refractivity contribution < 1.29 is 13.9 Å². The second-order valence-corrected chi connectivity index (χ2v) is 7.08. The first-order chi connectivity index (χ1) is 14.7. The summed E-state index contributed by atoms with van der Waals surface area (Å²) < 4.78 is 11.5. The van der Waals surface area contributed by atoms with Crippen LogP contribution in [-0.2, 0) is 6.42 Å². The highest BCUT2D eigenvalue weighted by atomic mass is 16.5. The van der Waals surface area contributed by atoms with E-state index in [2.05, 4.69) is 29.4 Å². The van der Waals surface area contributed by atoms with Crippen molar-refractivity contribution in [3.05, 3.63) is 77.9 Å². The van der Waals surface area contributed by atoms with Gasteiger partial charge in [-0.1, -0.05) is 26.0 Å². The van der Waals surface area contributed by atoms with E-state index >= 15 is 0 Å². The number of hydrogen-bond acceptors (Lipinski definition) is 4. The summed E-state index contributed by atoms with van der Waals surface area (Å²) in [6.45, 7) is 4.79. The lowest BCUT2D eigenvalue weighted by Gasteiger charge is -2.08.